The average molecular weight is 915 g/mol. The average Bonchev–Trinajstić information content (AvgIpc) is 3.24. The smallest absolute Gasteiger partial charge is 0.268 e. The fourth-order valence-corrected chi connectivity index (χ4v) is 8.97. The van der Waals surface area contributed by atoms with Gasteiger partial charge in [-0.25, -0.2) is 0 Å². The molecule has 0 aliphatic rings. The van der Waals surface area contributed by atoms with Crippen molar-refractivity contribution in [2.24, 2.45) is 0 Å². The predicted molar refractivity (Wildman–Crippen MR) is 267 cm³/mol. The molecule has 0 aromatic carbocycles. The van der Waals surface area contributed by atoms with Crippen LogP contribution in [0.2, 0.25) is 0 Å². The van der Waals surface area contributed by atoms with Gasteiger partial charge in [-0.2, -0.15) is 0 Å². The minimum Gasteiger partial charge on any atom is -0.756 e. The summed E-state index contributed by atoms with van der Waals surface area (Å²) in [6, 6.07) is -1.07. The number of aliphatic hydroxyl groups excluding tert-OH is 2. The van der Waals surface area contributed by atoms with Crippen molar-refractivity contribution >= 4 is 13.7 Å². The van der Waals surface area contributed by atoms with E-state index in [0.29, 0.717) is 17.4 Å². The lowest BCUT2D eigenvalue weighted by molar-refractivity contribution is -0.870. The maximum absolute atomic E-state index is 13.0. The van der Waals surface area contributed by atoms with Crippen molar-refractivity contribution in [1.29, 1.82) is 0 Å². The van der Waals surface area contributed by atoms with Gasteiger partial charge in [-0.1, -0.05) is 231 Å². The Kier molecular flexibility index (Phi) is 44.4. The van der Waals surface area contributed by atoms with Gasteiger partial charge in [0.1, 0.15) is 19.3 Å². The summed E-state index contributed by atoms with van der Waals surface area (Å²) in [4.78, 5) is 25.5. The van der Waals surface area contributed by atoms with Gasteiger partial charge in [-0.3, -0.25) is 9.36 Å². The van der Waals surface area contributed by atoms with Crippen molar-refractivity contribution < 1.29 is 38.0 Å². The molecule has 0 spiro atoms. The second-order valence-corrected chi connectivity index (χ2v) is 21.5. The molecule has 0 rings (SSSR count). The predicted octanol–water partition coefficient (Wildman–Crippen LogP) is 14.2. The minimum atomic E-state index is -4.66. The van der Waals surface area contributed by atoms with Crippen LogP contribution in [-0.4, -0.2) is 79.8 Å². The molecule has 0 heterocycles. The van der Waals surface area contributed by atoms with Crippen molar-refractivity contribution in [1.82, 2.24) is 5.32 Å². The molecule has 3 N–H and O–H groups in total. The maximum atomic E-state index is 13.0. The number of nitrogens with one attached hydrogen (secondary N) is 1. The zero-order valence-corrected chi connectivity index (χ0v) is 43.3. The molecular weight excluding hydrogens is 808 g/mol. The molecule has 4 unspecified atom stereocenters. The molecule has 4 atom stereocenters. The minimum absolute atomic E-state index is 0.0381. The standard InChI is InChI=1S/C53H107N2O7P/c1-6-8-10-12-14-16-18-20-21-22-23-24-25-26-27-28-29-30-31-32-33-34-36-38-40-42-44-46-52(57)54-50(49-62-63(59,60)61-48-47-55(3,4)5)53(58)51(56)45-43-41-39-37-35-19-17-15-13-11-9-7-2/h22-23,50-51,53,56,58H,6-21,24-49H2,1-5H3,(H-,54,57,59,60)/b23-22-. The number of phosphoric acid groups is 1. The summed E-state index contributed by atoms with van der Waals surface area (Å²) in [6.07, 6.45) is 49.8. The third kappa shape index (κ3) is 46.1. The summed E-state index contributed by atoms with van der Waals surface area (Å²) < 4.78 is 23.2. The number of aliphatic hydroxyl groups is 2. The van der Waals surface area contributed by atoms with Crippen LogP contribution in [0.25, 0.3) is 0 Å². The summed E-state index contributed by atoms with van der Waals surface area (Å²) in [5, 5.41) is 24.7. The van der Waals surface area contributed by atoms with Gasteiger partial charge in [0.2, 0.25) is 5.91 Å². The van der Waals surface area contributed by atoms with Crippen LogP contribution >= 0.6 is 7.82 Å². The maximum Gasteiger partial charge on any atom is 0.268 e. The zero-order valence-electron chi connectivity index (χ0n) is 42.4. The fourth-order valence-electron chi connectivity index (χ4n) is 8.25. The Hall–Kier alpha value is -0.800. The first-order chi connectivity index (χ1) is 30.4. The molecular formula is C53H107N2O7P. The monoisotopic (exact) mass is 915 g/mol. The fraction of sp³-hybridized carbons (Fsp3) is 0.943. The van der Waals surface area contributed by atoms with E-state index in [-0.39, 0.29) is 18.9 Å². The number of quaternary nitrogens is 1. The van der Waals surface area contributed by atoms with E-state index in [2.05, 4.69) is 31.3 Å². The van der Waals surface area contributed by atoms with E-state index in [1.165, 1.54) is 199 Å². The molecule has 0 aliphatic heterocycles. The van der Waals surface area contributed by atoms with E-state index >= 15 is 0 Å². The molecule has 10 heteroatoms. The molecule has 0 aliphatic carbocycles. The lowest BCUT2D eigenvalue weighted by Gasteiger charge is -2.31. The molecule has 0 saturated heterocycles. The Labute approximate surface area is 391 Å². The van der Waals surface area contributed by atoms with Gasteiger partial charge in [0.15, 0.2) is 0 Å². The van der Waals surface area contributed by atoms with E-state index in [0.717, 1.165) is 38.5 Å². The Morgan fingerprint density at radius 3 is 1.29 bits per heavy atom. The number of likely N-dealkylation sites (N-methyl/N-ethyl adjacent to an activating group) is 1. The van der Waals surface area contributed by atoms with Crippen LogP contribution in [0.5, 0.6) is 0 Å². The molecule has 0 bridgehead atoms. The van der Waals surface area contributed by atoms with Crippen molar-refractivity contribution in [3.8, 4) is 0 Å². The Balaban J connectivity index is 4.17. The van der Waals surface area contributed by atoms with Gasteiger partial charge < -0.3 is 34.0 Å². The van der Waals surface area contributed by atoms with Gasteiger partial charge >= 0.3 is 0 Å². The van der Waals surface area contributed by atoms with E-state index in [9.17, 15) is 24.5 Å². The molecule has 9 nitrogen and oxygen atoms in total. The van der Waals surface area contributed by atoms with Crippen LogP contribution in [-0.2, 0) is 18.4 Å². The second kappa shape index (κ2) is 45.0. The highest BCUT2D eigenvalue weighted by Crippen LogP contribution is 2.38. The van der Waals surface area contributed by atoms with Gasteiger partial charge in [0, 0.05) is 6.42 Å². The summed E-state index contributed by atoms with van der Waals surface area (Å²) >= 11 is 0. The van der Waals surface area contributed by atoms with Gasteiger partial charge in [0.25, 0.3) is 7.82 Å². The molecule has 0 fully saturated rings. The first-order valence-electron chi connectivity index (χ1n) is 27.1. The van der Waals surface area contributed by atoms with E-state index in [1.807, 2.05) is 21.1 Å². The lowest BCUT2D eigenvalue weighted by Crippen LogP contribution is -2.51. The number of carbonyl (C=O) groups excluding carboxylic acids is 1. The molecule has 0 saturated carbocycles. The van der Waals surface area contributed by atoms with Crippen molar-refractivity contribution in [2.45, 2.75) is 283 Å². The van der Waals surface area contributed by atoms with Crippen molar-refractivity contribution in [3.05, 3.63) is 12.2 Å². The van der Waals surface area contributed by atoms with Crippen LogP contribution in [0.1, 0.15) is 264 Å². The number of rotatable bonds is 50. The summed E-state index contributed by atoms with van der Waals surface area (Å²) in [6.45, 7) is 4.46. The van der Waals surface area contributed by atoms with E-state index in [1.54, 1.807) is 0 Å². The molecule has 376 valence electrons. The Morgan fingerprint density at radius 2 is 0.905 bits per heavy atom. The number of allylic oxidation sites excluding steroid dienone is 2. The van der Waals surface area contributed by atoms with Gasteiger partial charge in [-0.05, 0) is 38.5 Å². The van der Waals surface area contributed by atoms with Gasteiger partial charge in [0.05, 0.1) is 39.9 Å². The number of unbranched alkanes of at least 4 members (excludes halogenated alkanes) is 34. The SMILES string of the molecule is CCCCCCCCCC/C=C\CCCCCCCCCCCCCCCCCC(=O)NC(COP(=O)([O-])OCC[N+](C)(C)C)C(O)C(O)CCCCCCCCCCCCCC. The van der Waals surface area contributed by atoms with Crippen LogP contribution < -0.4 is 10.2 Å². The van der Waals surface area contributed by atoms with Crippen molar-refractivity contribution in [2.75, 3.05) is 40.9 Å². The number of amides is 1. The summed E-state index contributed by atoms with van der Waals surface area (Å²) in [5.74, 6) is -0.274. The van der Waals surface area contributed by atoms with Gasteiger partial charge in [-0.15, -0.1) is 0 Å². The van der Waals surface area contributed by atoms with E-state index < -0.39 is 32.7 Å². The highest BCUT2D eigenvalue weighted by atomic mass is 31.2. The lowest BCUT2D eigenvalue weighted by atomic mass is 9.99. The largest absolute Gasteiger partial charge is 0.756 e. The molecule has 1 amide bonds. The normalized spacial score (nSPS) is 14.6. The third-order valence-corrected chi connectivity index (χ3v) is 13.6. The molecule has 63 heavy (non-hydrogen) atoms. The number of carbonyl (C=O) groups is 1. The van der Waals surface area contributed by atoms with Crippen LogP contribution in [0, 0.1) is 0 Å². The molecule has 0 radical (unpaired) electrons. The Bertz CT molecular complexity index is 1050. The zero-order chi connectivity index (χ0) is 46.5. The summed E-state index contributed by atoms with van der Waals surface area (Å²) in [7, 11) is 1.14. The highest BCUT2D eigenvalue weighted by molar-refractivity contribution is 7.45. The topological polar surface area (TPSA) is 128 Å². The number of hydrogen-bond acceptors (Lipinski definition) is 7. The molecule has 0 aromatic rings. The number of nitrogens with zero attached hydrogens (tertiary/aromatic N) is 1. The van der Waals surface area contributed by atoms with Crippen molar-refractivity contribution in [3.63, 3.8) is 0 Å². The number of hydrogen-bond donors (Lipinski definition) is 3. The van der Waals surface area contributed by atoms with Crippen LogP contribution in [0.15, 0.2) is 12.2 Å². The first kappa shape index (κ1) is 62.2. The van der Waals surface area contributed by atoms with Crippen LogP contribution in [0.3, 0.4) is 0 Å². The van der Waals surface area contributed by atoms with Crippen LogP contribution in [0.4, 0.5) is 0 Å². The third-order valence-electron chi connectivity index (χ3n) is 12.6. The number of phosphoric ester groups is 1. The second-order valence-electron chi connectivity index (χ2n) is 20.1. The molecule has 0 aromatic heterocycles. The first-order valence-corrected chi connectivity index (χ1v) is 28.6. The Morgan fingerprint density at radius 1 is 0.556 bits per heavy atom. The highest BCUT2D eigenvalue weighted by Gasteiger charge is 2.29. The van der Waals surface area contributed by atoms with E-state index in [4.69, 9.17) is 9.05 Å². The quantitative estimate of drug-likeness (QED) is 0.0240. The summed E-state index contributed by atoms with van der Waals surface area (Å²) in [5.41, 5.74) is 0.